The lowest BCUT2D eigenvalue weighted by atomic mass is 9.88. The van der Waals surface area contributed by atoms with Crippen molar-refractivity contribution in [3.8, 4) is 6.07 Å². The molecule has 2 unspecified atom stereocenters. The molecule has 1 aromatic rings. The van der Waals surface area contributed by atoms with Gasteiger partial charge in [-0.1, -0.05) is 31.2 Å². The van der Waals surface area contributed by atoms with Gasteiger partial charge in [0.25, 0.3) is 0 Å². The molecule has 0 saturated carbocycles. The second-order valence-electron chi connectivity index (χ2n) is 5.73. The van der Waals surface area contributed by atoms with Crippen LogP contribution in [0.25, 0.3) is 0 Å². The monoisotopic (exact) mass is 318 g/mol. The zero-order valence-corrected chi connectivity index (χ0v) is 13.7. The van der Waals surface area contributed by atoms with Gasteiger partial charge in [-0.25, -0.2) is 4.79 Å². The number of hydrogen-bond acceptors (Lipinski definition) is 4. The Balaban J connectivity index is 2.71. The lowest BCUT2D eigenvalue weighted by Crippen LogP contribution is -2.33. The molecule has 1 rings (SSSR count). The van der Waals surface area contributed by atoms with Crippen molar-refractivity contribution in [3.63, 3.8) is 0 Å². The standard InChI is InChI=1S/C17H22N2O4/c1-12(15(9-18)17(22)19(2)3)7-13-5-4-6-14(8-13)10-23-11-16(20)21/h4-6,8,12,15H,7,10-11H2,1-3H3,(H,20,21). The molecule has 0 aromatic heterocycles. The zero-order valence-electron chi connectivity index (χ0n) is 13.7. The molecule has 124 valence electrons. The van der Waals surface area contributed by atoms with E-state index in [0.717, 1.165) is 11.1 Å². The van der Waals surface area contributed by atoms with E-state index in [9.17, 15) is 14.9 Å². The van der Waals surface area contributed by atoms with Gasteiger partial charge in [0.05, 0.1) is 12.7 Å². The average molecular weight is 318 g/mol. The average Bonchev–Trinajstić information content (AvgIpc) is 2.47. The molecule has 0 fully saturated rings. The van der Waals surface area contributed by atoms with E-state index in [4.69, 9.17) is 9.84 Å². The first-order chi connectivity index (χ1) is 10.8. The van der Waals surface area contributed by atoms with Crippen molar-refractivity contribution in [3.05, 3.63) is 35.4 Å². The highest BCUT2D eigenvalue weighted by molar-refractivity contribution is 5.81. The maximum absolute atomic E-state index is 12.0. The number of carboxylic acid groups (broad SMARTS) is 1. The SMILES string of the molecule is CC(Cc1cccc(COCC(=O)O)c1)C(C#N)C(=O)N(C)C. The molecule has 1 N–H and O–H groups in total. The van der Waals surface area contributed by atoms with Crippen molar-refractivity contribution in [2.75, 3.05) is 20.7 Å². The Bertz CT molecular complexity index is 593. The largest absolute Gasteiger partial charge is 0.480 e. The third kappa shape index (κ3) is 6.09. The first-order valence-corrected chi connectivity index (χ1v) is 7.33. The lowest BCUT2D eigenvalue weighted by molar-refractivity contribution is -0.142. The molecule has 1 amide bonds. The van der Waals surface area contributed by atoms with Gasteiger partial charge in [0.15, 0.2) is 0 Å². The third-order valence-corrected chi connectivity index (χ3v) is 3.46. The van der Waals surface area contributed by atoms with Crippen LogP contribution in [0.5, 0.6) is 0 Å². The normalized spacial score (nSPS) is 13.0. The highest BCUT2D eigenvalue weighted by Gasteiger charge is 2.26. The highest BCUT2D eigenvalue weighted by atomic mass is 16.5. The summed E-state index contributed by atoms with van der Waals surface area (Å²) < 4.78 is 5.07. The van der Waals surface area contributed by atoms with Crippen molar-refractivity contribution < 1.29 is 19.4 Å². The van der Waals surface area contributed by atoms with E-state index in [2.05, 4.69) is 6.07 Å². The molecule has 0 aliphatic heterocycles. The van der Waals surface area contributed by atoms with Crippen LogP contribution in [0.4, 0.5) is 0 Å². The second-order valence-corrected chi connectivity index (χ2v) is 5.73. The molecule has 0 aliphatic carbocycles. The van der Waals surface area contributed by atoms with Crippen LogP contribution in [0.3, 0.4) is 0 Å². The summed E-state index contributed by atoms with van der Waals surface area (Å²) >= 11 is 0. The van der Waals surface area contributed by atoms with E-state index < -0.39 is 11.9 Å². The van der Waals surface area contributed by atoms with Gasteiger partial charge in [-0.15, -0.1) is 0 Å². The zero-order chi connectivity index (χ0) is 17.4. The van der Waals surface area contributed by atoms with Crippen molar-refractivity contribution in [2.45, 2.75) is 20.0 Å². The molecule has 0 radical (unpaired) electrons. The van der Waals surface area contributed by atoms with Gasteiger partial charge in [0.1, 0.15) is 12.5 Å². The van der Waals surface area contributed by atoms with Crippen molar-refractivity contribution >= 4 is 11.9 Å². The van der Waals surface area contributed by atoms with Crippen LogP contribution in [-0.2, 0) is 27.4 Å². The van der Waals surface area contributed by atoms with Gasteiger partial charge in [-0.05, 0) is 23.5 Å². The number of amides is 1. The minimum atomic E-state index is -1.01. The minimum absolute atomic E-state index is 0.120. The van der Waals surface area contributed by atoms with Crippen LogP contribution < -0.4 is 0 Å². The van der Waals surface area contributed by atoms with Crippen LogP contribution in [0.15, 0.2) is 24.3 Å². The van der Waals surface area contributed by atoms with Crippen LogP contribution >= 0.6 is 0 Å². The quantitative estimate of drug-likeness (QED) is 0.787. The van der Waals surface area contributed by atoms with Gasteiger partial charge < -0.3 is 14.7 Å². The Morgan fingerprint density at radius 3 is 2.57 bits per heavy atom. The van der Waals surface area contributed by atoms with Gasteiger partial charge in [-0.3, -0.25) is 4.79 Å². The van der Waals surface area contributed by atoms with Crippen molar-refractivity contribution in [2.24, 2.45) is 11.8 Å². The maximum atomic E-state index is 12.0. The number of nitrogens with zero attached hydrogens (tertiary/aromatic N) is 2. The number of carboxylic acids is 1. The highest BCUT2D eigenvalue weighted by Crippen LogP contribution is 2.19. The Morgan fingerprint density at radius 2 is 2.00 bits per heavy atom. The molecule has 6 nitrogen and oxygen atoms in total. The van der Waals surface area contributed by atoms with Crippen molar-refractivity contribution in [1.29, 1.82) is 5.26 Å². The molecule has 2 atom stereocenters. The number of benzene rings is 1. The topological polar surface area (TPSA) is 90.6 Å². The number of ether oxygens (including phenoxy) is 1. The maximum Gasteiger partial charge on any atom is 0.329 e. The summed E-state index contributed by atoms with van der Waals surface area (Å²) in [5, 5.41) is 17.8. The van der Waals surface area contributed by atoms with Crippen LogP contribution in [0.2, 0.25) is 0 Å². The van der Waals surface area contributed by atoms with Crippen LogP contribution in [-0.4, -0.2) is 42.6 Å². The number of aliphatic carboxylic acids is 1. The predicted octanol–water partition coefficient (Wildman–Crippen LogP) is 1.69. The fourth-order valence-electron chi connectivity index (χ4n) is 2.30. The fraction of sp³-hybridized carbons (Fsp3) is 0.471. The summed E-state index contributed by atoms with van der Waals surface area (Å²) in [7, 11) is 3.28. The number of rotatable bonds is 8. The smallest absolute Gasteiger partial charge is 0.329 e. The molecule has 0 bridgehead atoms. The van der Waals surface area contributed by atoms with Crippen molar-refractivity contribution in [1.82, 2.24) is 4.90 Å². The van der Waals surface area contributed by atoms with Gasteiger partial charge in [-0.2, -0.15) is 5.26 Å². The number of hydrogen-bond donors (Lipinski definition) is 1. The van der Waals surface area contributed by atoms with E-state index >= 15 is 0 Å². The number of nitriles is 1. The van der Waals surface area contributed by atoms with Gasteiger partial charge in [0, 0.05) is 14.1 Å². The number of carbonyl (C=O) groups is 2. The summed E-state index contributed by atoms with van der Waals surface area (Å²) in [6.45, 7) is 1.75. The van der Waals surface area contributed by atoms with Gasteiger partial charge in [0.2, 0.25) is 5.91 Å². The van der Waals surface area contributed by atoms with E-state index in [1.165, 1.54) is 4.90 Å². The Morgan fingerprint density at radius 1 is 1.35 bits per heavy atom. The molecular formula is C17H22N2O4. The van der Waals surface area contributed by atoms with Gasteiger partial charge >= 0.3 is 5.97 Å². The van der Waals surface area contributed by atoms with E-state index in [1.54, 1.807) is 14.1 Å². The molecule has 0 aliphatic rings. The summed E-state index contributed by atoms with van der Waals surface area (Å²) in [5.41, 5.74) is 1.85. The lowest BCUT2D eigenvalue weighted by Gasteiger charge is -2.20. The van der Waals surface area contributed by atoms with Crippen LogP contribution in [0, 0.1) is 23.2 Å². The van der Waals surface area contributed by atoms with E-state index in [0.29, 0.717) is 6.42 Å². The minimum Gasteiger partial charge on any atom is -0.480 e. The second kappa shape index (κ2) is 8.91. The molecule has 1 aromatic carbocycles. The third-order valence-electron chi connectivity index (χ3n) is 3.46. The van der Waals surface area contributed by atoms with Crippen LogP contribution in [0.1, 0.15) is 18.1 Å². The summed E-state index contributed by atoms with van der Waals surface area (Å²) in [4.78, 5) is 23.9. The summed E-state index contributed by atoms with van der Waals surface area (Å²) in [6, 6.07) is 9.62. The Hall–Kier alpha value is -2.39. The molecule has 0 spiro atoms. The molecule has 23 heavy (non-hydrogen) atoms. The summed E-state index contributed by atoms with van der Waals surface area (Å²) in [5.74, 6) is -2.00. The van der Waals surface area contributed by atoms with E-state index in [1.807, 2.05) is 31.2 Å². The number of carbonyl (C=O) groups excluding carboxylic acids is 1. The Kier molecular flexibility index (Phi) is 7.23. The van der Waals surface area contributed by atoms with E-state index in [-0.39, 0.29) is 25.0 Å². The Labute approximate surface area is 136 Å². The first-order valence-electron chi connectivity index (χ1n) is 7.33. The fourth-order valence-corrected chi connectivity index (χ4v) is 2.30. The summed E-state index contributed by atoms with van der Waals surface area (Å²) in [6.07, 6.45) is 0.588. The molecule has 0 heterocycles. The molecule has 0 saturated heterocycles. The predicted molar refractivity (Wildman–Crippen MR) is 84.4 cm³/mol. The first kappa shape index (κ1) is 18.7. The molecule has 6 heteroatoms. The molecular weight excluding hydrogens is 296 g/mol.